The minimum Gasteiger partial charge on any atom is -0.394 e. The molecule has 0 bridgehead atoms. The molecule has 20 heavy (non-hydrogen) atoms. The van der Waals surface area contributed by atoms with Gasteiger partial charge >= 0.3 is 0 Å². The number of halogens is 1. The molecule has 0 spiro atoms. The second-order valence-electron chi connectivity index (χ2n) is 4.76. The molecule has 1 aromatic carbocycles. The molecule has 1 unspecified atom stereocenters. The van der Waals surface area contributed by atoms with Crippen molar-refractivity contribution in [1.29, 1.82) is 0 Å². The first-order valence-corrected chi connectivity index (χ1v) is 7.18. The second-order valence-corrected chi connectivity index (χ2v) is 5.62. The van der Waals surface area contributed by atoms with E-state index in [2.05, 4.69) is 26.6 Å². The van der Waals surface area contributed by atoms with Crippen molar-refractivity contribution in [3.63, 3.8) is 0 Å². The van der Waals surface area contributed by atoms with Crippen molar-refractivity contribution in [3.8, 4) is 0 Å². The highest BCUT2D eigenvalue weighted by atomic mass is 79.9. The first kappa shape index (κ1) is 16.7. The molecule has 0 heterocycles. The lowest BCUT2D eigenvalue weighted by Crippen LogP contribution is -2.45. The zero-order valence-corrected chi connectivity index (χ0v) is 13.1. The van der Waals surface area contributed by atoms with Crippen molar-refractivity contribution >= 4 is 27.7 Å². The van der Waals surface area contributed by atoms with E-state index >= 15 is 0 Å². The number of carbonyl (C=O) groups excluding carboxylic acids is 2. The van der Waals surface area contributed by atoms with Crippen LogP contribution >= 0.6 is 15.9 Å². The van der Waals surface area contributed by atoms with Gasteiger partial charge in [-0.2, -0.15) is 0 Å². The zero-order valence-electron chi connectivity index (χ0n) is 11.5. The van der Waals surface area contributed by atoms with Crippen LogP contribution < -0.4 is 10.6 Å². The molecular formula is C14H19BrN2O3. The number of benzene rings is 1. The smallest absolute Gasteiger partial charge is 0.252 e. The van der Waals surface area contributed by atoms with E-state index in [-0.39, 0.29) is 36.9 Å². The van der Waals surface area contributed by atoms with E-state index in [4.69, 9.17) is 5.11 Å². The average molecular weight is 343 g/mol. The Morgan fingerprint density at radius 1 is 1.30 bits per heavy atom. The van der Waals surface area contributed by atoms with Crippen LogP contribution in [0.5, 0.6) is 0 Å². The largest absolute Gasteiger partial charge is 0.394 e. The van der Waals surface area contributed by atoms with Gasteiger partial charge < -0.3 is 15.7 Å². The van der Waals surface area contributed by atoms with Crippen LogP contribution in [0.25, 0.3) is 0 Å². The minimum absolute atomic E-state index is 0.122. The standard InChI is InChI=1S/C14H19BrN2O3/c1-9(2)12(8-18)17-13(19)7-16-14(20)10-5-3-4-6-11(10)15/h3-6,9,12,18H,7-8H2,1-2H3,(H,16,20)(H,17,19). The fraction of sp³-hybridized carbons (Fsp3) is 0.429. The molecule has 5 nitrogen and oxygen atoms in total. The fourth-order valence-corrected chi connectivity index (χ4v) is 2.05. The molecule has 110 valence electrons. The first-order valence-electron chi connectivity index (χ1n) is 6.38. The Balaban J connectivity index is 2.49. The van der Waals surface area contributed by atoms with Crippen LogP contribution in [-0.2, 0) is 4.79 Å². The van der Waals surface area contributed by atoms with Crippen molar-refractivity contribution in [3.05, 3.63) is 34.3 Å². The van der Waals surface area contributed by atoms with Crippen LogP contribution in [0.15, 0.2) is 28.7 Å². The molecule has 3 N–H and O–H groups in total. The lowest BCUT2D eigenvalue weighted by molar-refractivity contribution is -0.121. The third-order valence-electron chi connectivity index (χ3n) is 2.88. The quantitative estimate of drug-likeness (QED) is 0.729. The van der Waals surface area contributed by atoms with Gasteiger partial charge in [-0.05, 0) is 34.0 Å². The Morgan fingerprint density at radius 2 is 1.95 bits per heavy atom. The summed E-state index contributed by atoms with van der Waals surface area (Å²) in [5.41, 5.74) is 0.475. The highest BCUT2D eigenvalue weighted by molar-refractivity contribution is 9.10. The van der Waals surface area contributed by atoms with Crippen molar-refractivity contribution in [2.75, 3.05) is 13.2 Å². The van der Waals surface area contributed by atoms with Crippen LogP contribution in [-0.4, -0.2) is 36.1 Å². The van der Waals surface area contributed by atoms with Crippen molar-refractivity contribution in [2.45, 2.75) is 19.9 Å². The maximum Gasteiger partial charge on any atom is 0.252 e. The van der Waals surface area contributed by atoms with E-state index in [0.29, 0.717) is 10.0 Å². The molecule has 6 heteroatoms. The third-order valence-corrected chi connectivity index (χ3v) is 3.57. The summed E-state index contributed by atoms with van der Waals surface area (Å²) in [5.74, 6) is -0.515. The lowest BCUT2D eigenvalue weighted by Gasteiger charge is -2.20. The summed E-state index contributed by atoms with van der Waals surface area (Å²) in [4.78, 5) is 23.6. The number of hydrogen-bond acceptors (Lipinski definition) is 3. The van der Waals surface area contributed by atoms with Crippen LogP contribution in [0.2, 0.25) is 0 Å². The molecule has 1 aromatic rings. The highest BCUT2D eigenvalue weighted by Gasteiger charge is 2.16. The average Bonchev–Trinajstić information content (AvgIpc) is 2.42. The molecule has 0 aliphatic carbocycles. The van der Waals surface area contributed by atoms with Crippen LogP contribution in [0.4, 0.5) is 0 Å². The number of carbonyl (C=O) groups is 2. The molecule has 0 saturated carbocycles. The van der Waals surface area contributed by atoms with E-state index in [0.717, 1.165) is 0 Å². The van der Waals surface area contributed by atoms with Gasteiger partial charge in [0, 0.05) is 4.47 Å². The Hall–Kier alpha value is -1.40. The van der Waals surface area contributed by atoms with Gasteiger partial charge in [0.25, 0.3) is 5.91 Å². The molecule has 0 radical (unpaired) electrons. The molecular weight excluding hydrogens is 324 g/mol. The summed E-state index contributed by atoms with van der Waals surface area (Å²) in [5, 5.41) is 14.3. The van der Waals surface area contributed by atoms with Crippen LogP contribution in [0, 0.1) is 5.92 Å². The highest BCUT2D eigenvalue weighted by Crippen LogP contribution is 2.15. The molecule has 1 rings (SSSR count). The molecule has 0 aromatic heterocycles. The van der Waals surface area contributed by atoms with Gasteiger partial charge in [0.05, 0.1) is 24.8 Å². The van der Waals surface area contributed by atoms with Gasteiger partial charge in [-0.1, -0.05) is 26.0 Å². The van der Waals surface area contributed by atoms with E-state index in [1.54, 1.807) is 18.2 Å². The summed E-state index contributed by atoms with van der Waals surface area (Å²) >= 11 is 3.28. The van der Waals surface area contributed by atoms with Crippen molar-refractivity contribution in [1.82, 2.24) is 10.6 Å². The van der Waals surface area contributed by atoms with Gasteiger partial charge in [-0.25, -0.2) is 0 Å². The predicted molar refractivity (Wildman–Crippen MR) is 80.3 cm³/mol. The van der Waals surface area contributed by atoms with Crippen molar-refractivity contribution in [2.24, 2.45) is 5.92 Å². The van der Waals surface area contributed by atoms with E-state index < -0.39 is 0 Å². The summed E-state index contributed by atoms with van der Waals surface area (Å²) < 4.78 is 0.674. The van der Waals surface area contributed by atoms with Gasteiger partial charge in [-0.3, -0.25) is 9.59 Å². The first-order chi connectivity index (χ1) is 9.45. The molecule has 0 fully saturated rings. The number of rotatable bonds is 6. The summed E-state index contributed by atoms with van der Waals surface area (Å²) in [7, 11) is 0. The molecule has 0 saturated heterocycles. The summed E-state index contributed by atoms with van der Waals surface area (Å²) in [6, 6.07) is 6.68. The number of nitrogens with one attached hydrogen (secondary N) is 2. The van der Waals surface area contributed by atoms with Crippen LogP contribution in [0.1, 0.15) is 24.2 Å². The predicted octanol–water partition coefficient (Wildman–Crippen LogP) is 1.31. The molecule has 0 aliphatic rings. The maximum absolute atomic E-state index is 11.9. The minimum atomic E-state index is -0.322. The second kappa shape index (κ2) is 8.01. The van der Waals surface area contributed by atoms with Gasteiger partial charge in [0.1, 0.15) is 0 Å². The molecule has 1 atom stereocenters. The van der Waals surface area contributed by atoms with Gasteiger partial charge in [-0.15, -0.1) is 0 Å². The summed E-state index contributed by atoms with van der Waals surface area (Å²) in [6.07, 6.45) is 0. The van der Waals surface area contributed by atoms with Crippen molar-refractivity contribution < 1.29 is 14.7 Å². The topological polar surface area (TPSA) is 78.4 Å². The SMILES string of the molecule is CC(C)C(CO)NC(=O)CNC(=O)c1ccccc1Br. The normalized spacial score (nSPS) is 12.1. The number of aliphatic hydroxyl groups is 1. The van der Waals surface area contributed by atoms with E-state index in [1.165, 1.54) is 0 Å². The fourth-order valence-electron chi connectivity index (χ4n) is 1.58. The lowest BCUT2D eigenvalue weighted by atomic mass is 10.1. The summed E-state index contributed by atoms with van der Waals surface area (Å²) in [6.45, 7) is 3.56. The molecule has 0 aliphatic heterocycles. The number of hydrogen-bond donors (Lipinski definition) is 3. The Kier molecular flexibility index (Phi) is 6.67. The van der Waals surface area contributed by atoms with E-state index in [1.807, 2.05) is 19.9 Å². The monoisotopic (exact) mass is 342 g/mol. The zero-order chi connectivity index (χ0) is 15.1. The Morgan fingerprint density at radius 3 is 2.50 bits per heavy atom. The van der Waals surface area contributed by atoms with Gasteiger partial charge in [0.15, 0.2) is 0 Å². The third kappa shape index (κ3) is 4.94. The number of amides is 2. The van der Waals surface area contributed by atoms with Crippen LogP contribution in [0.3, 0.4) is 0 Å². The van der Waals surface area contributed by atoms with E-state index in [9.17, 15) is 9.59 Å². The Labute approximate surface area is 126 Å². The maximum atomic E-state index is 11.9. The Bertz CT molecular complexity index is 477. The molecule has 2 amide bonds. The van der Waals surface area contributed by atoms with Gasteiger partial charge in [0.2, 0.25) is 5.91 Å². The number of aliphatic hydroxyl groups excluding tert-OH is 1.